The molecule has 1 fully saturated rings. The van der Waals surface area contributed by atoms with Gasteiger partial charge in [-0.05, 0) is 43.2 Å². The summed E-state index contributed by atoms with van der Waals surface area (Å²) in [5, 5.41) is 3.15. The minimum absolute atomic E-state index is 0.142. The number of amides is 2. The van der Waals surface area contributed by atoms with Gasteiger partial charge in [0, 0.05) is 38.1 Å². The van der Waals surface area contributed by atoms with Gasteiger partial charge in [-0.25, -0.2) is 9.97 Å². The van der Waals surface area contributed by atoms with Gasteiger partial charge in [-0.15, -0.1) is 0 Å². The third-order valence-electron chi connectivity index (χ3n) is 4.10. The topological polar surface area (TPSA) is 78.4 Å². The molecule has 1 aromatic heterocycles. The second kappa shape index (κ2) is 7.29. The lowest BCUT2D eigenvalue weighted by Gasteiger charge is -2.32. The Bertz CT molecular complexity index is 765. The Kier molecular flexibility index (Phi) is 4.92. The predicted molar refractivity (Wildman–Crippen MR) is 94.8 cm³/mol. The maximum absolute atomic E-state index is 12.6. The van der Waals surface area contributed by atoms with Crippen molar-refractivity contribution in [2.45, 2.75) is 13.8 Å². The van der Waals surface area contributed by atoms with Crippen LogP contribution in [0.4, 0.5) is 11.6 Å². The fourth-order valence-corrected chi connectivity index (χ4v) is 2.91. The molecule has 1 aliphatic rings. The van der Waals surface area contributed by atoms with E-state index in [0.29, 0.717) is 37.8 Å². The molecule has 0 saturated carbocycles. The van der Waals surface area contributed by atoms with Crippen LogP contribution < -0.4 is 5.32 Å². The summed E-state index contributed by atoms with van der Waals surface area (Å²) in [6.45, 7) is 6.18. The molecule has 1 aliphatic heterocycles. The van der Waals surface area contributed by atoms with Crippen molar-refractivity contribution < 1.29 is 9.59 Å². The van der Waals surface area contributed by atoms with Crippen LogP contribution in [0.15, 0.2) is 30.5 Å². The molecule has 2 aromatic rings. The molecule has 2 amide bonds. The number of carbonyl (C=O) groups is 2. The van der Waals surface area contributed by atoms with Crippen molar-refractivity contribution >= 4 is 24.0 Å². The lowest BCUT2D eigenvalue weighted by atomic mass is 10.1. The lowest BCUT2D eigenvalue weighted by Crippen LogP contribution is -2.48. The summed E-state index contributed by atoms with van der Waals surface area (Å²) in [6.07, 6.45) is 2.39. The largest absolute Gasteiger partial charge is 0.342 e. The third-order valence-corrected chi connectivity index (χ3v) is 4.10. The summed E-state index contributed by atoms with van der Waals surface area (Å²) >= 11 is 0. The first-order valence-corrected chi connectivity index (χ1v) is 8.22. The van der Waals surface area contributed by atoms with E-state index in [1.54, 1.807) is 22.1 Å². The Morgan fingerprint density at radius 2 is 1.80 bits per heavy atom. The molecule has 7 nitrogen and oxygen atoms in total. The molecule has 2 heterocycles. The summed E-state index contributed by atoms with van der Waals surface area (Å²) in [5.74, 6) is 0.249. The van der Waals surface area contributed by atoms with Gasteiger partial charge in [-0.3, -0.25) is 9.59 Å². The molecule has 1 saturated heterocycles. The van der Waals surface area contributed by atoms with Gasteiger partial charge >= 0.3 is 0 Å². The number of piperazine rings is 1. The van der Waals surface area contributed by atoms with Crippen LogP contribution in [-0.4, -0.2) is 58.3 Å². The molecular weight excluding hydrogens is 318 g/mol. The van der Waals surface area contributed by atoms with Crippen molar-refractivity contribution in [1.82, 2.24) is 19.8 Å². The molecule has 1 aromatic carbocycles. The van der Waals surface area contributed by atoms with Crippen molar-refractivity contribution in [3.8, 4) is 0 Å². The van der Waals surface area contributed by atoms with Gasteiger partial charge in [-0.1, -0.05) is 6.07 Å². The predicted octanol–water partition coefficient (Wildman–Crippen LogP) is 1.75. The Hall–Kier alpha value is -2.96. The molecule has 25 heavy (non-hydrogen) atoms. The molecule has 7 heteroatoms. The molecule has 3 rings (SSSR count). The highest BCUT2D eigenvalue weighted by Crippen LogP contribution is 2.17. The van der Waals surface area contributed by atoms with E-state index < -0.39 is 0 Å². The van der Waals surface area contributed by atoms with Crippen LogP contribution in [0, 0.1) is 13.8 Å². The number of anilines is 2. The second-order valence-corrected chi connectivity index (χ2v) is 6.20. The normalized spacial score (nSPS) is 14.3. The Morgan fingerprint density at radius 3 is 2.44 bits per heavy atom. The average Bonchev–Trinajstić information content (AvgIpc) is 2.60. The van der Waals surface area contributed by atoms with E-state index in [2.05, 4.69) is 21.4 Å². The number of aryl methyl sites for hydroxylation is 2. The number of carbonyl (C=O) groups excluding carboxylic acids is 2. The van der Waals surface area contributed by atoms with E-state index in [1.807, 2.05) is 26.0 Å². The molecule has 0 spiro atoms. The fraction of sp³-hybridized carbons (Fsp3) is 0.333. The zero-order chi connectivity index (χ0) is 17.8. The van der Waals surface area contributed by atoms with E-state index in [0.717, 1.165) is 23.2 Å². The number of aromatic nitrogens is 2. The summed E-state index contributed by atoms with van der Waals surface area (Å²) in [7, 11) is 0. The Balaban J connectivity index is 1.72. The highest BCUT2D eigenvalue weighted by atomic mass is 16.2. The fourth-order valence-electron chi connectivity index (χ4n) is 2.91. The van der Waals surface area contributed by atoms with Crippen LogP contribution in [0.2, 0.25) is 0 Å². The maximum Gasteiger partial charge on any atom is 0.272 e. The van der Waals surface area contributed by atoms with Crippen molar-refractivity contribution in [2.75, 3.05) is 31.5 Å². The van der Waals surface area contributed by atoms with Crippen LogP contribution >= 0.6 is 0 Å². The Morgan fingerprint density at radius 1 is 1.12 bits per heavy atom. The summed E-state index contributed by atoms with van der Waals surface area (Å²) < 4.78 is 0. The number of nitrogens with one attached hydrogen (secondary N) is 1. The number of benzene rings is 1. The maximum atomic E-state index is 12.6. The number of hydrogen-bond acceptors (Lipinski definition) is 5. The number of nitrogens with zero attached hydrogens (tertiary/aromatic N) is 4. The molecule has 0 atom stereocenters. The van der Waals surface area contributed by atoms with Crippen LogP contribution in [0.5, 0.6) is 0 Å². The van der Waals surface area contributed by atoms with Gasteiger partial charge in [0.05, 0.1) is 0 Å². The van der Waals surface area contributed by atoms with Crippen molar-refractivity contribution in [3.63, 3.8) is 0 Å². The first kappa shape index (κ1) is 16.9. The summed E-state index contributed by atoms with van der Waals surface area (Å²) in [4.78, 5) is 35.3. The van der Waals surface area contributed by atoms with Crippen molar-refractivity contribution in [2.24, 2.45) is 0 Å². The van der Waals surface area contributed by atoms with Crippen molar-refractivity contribution in [1.29, 1.82) is 0 Å². The van der Waals surface area contributed by atoms with E-state index in [1.165, 1.54) is 0 Å². The first-order valence-electron chi connectivity index (χ1n) is 8.22. The van der Waals surface area contributed by atoms with Crippen molar-refractivity contribution in [3.05, 3.63) is 47.3 Å². The molecule has 0 unspecified atom stereocenters. The average molecular weight is 339 g/mol. The standard InChI is InChI=1S/C18H21N5O2/c1-13-9-14(2)11-15(10-13)20-18-19-4-3-16(21-18)17(25)23-7-5-22(12-24)6-8-23/h3-4,9-12H,5-8H2,1-2H3,(H,19,20,21). The highest BCUT2D eigenvalue weighted by Gasteiger charge is 2.22. The van der Waals surface area contributed by atoms with Gasteiger partial charge < -0.3 is 15.1 Å². The molecular formula is C18H21N5O2. The van der Waals surface area contributed by atoms with E-state index in [-0.39, 0.29) is 5.91 Å². The molecule has 0 radical (unpaired) electrons. The van der Waals surface area contributed by atoms with Gasteiger partial charge in [0.1, 0.15) is 5.69 Å². The minimum Gasteiger partial charge on any atom is -0.342 e. The monoisotopic (exact) mass is 339 g/mol. The summed E-state index contributed by atoms with van der Waals surface area (Å²) in [5.41, 5.74) is 3.52. The van der Waals surface area contributed by atoms with Gasteiger partial charge in [0.2, 0.25) is 12.4 Å². The van der Waals surface area contributed by atoms with E-state index in [4.69, 9.17) is 0 Å². The van der Waals surface area contributed by atoms with Gasteiger partial charge in [0.25, 0.3) is 5.91 Å². The molecule has 0 aliphatic carbocycles. The van der Waals surface area contributed by atoms with E-state index >= 15 is 0 Å². The quantitative estimate of drug-likeness (QED) is 0.859. The smallest absolute Gasteiger partial charge is 0.272 e. The van der Waals surface area contributed by atoms with Gasteiger partial charge in [-0.2, -0.15) is 0 Å². The van der Waals surface area contributed by atoms with Gasteiger partial charge in [0.15, 0.2) is 0 Å². The Labute approximate surface area is 146 Å². The third kappa shape index (κ3) is 4.12. The zero-order valence-corrected chi connectivity index (χ0v) is 14.4. The molecule has 1 N–H and O–H groups in total. The van der Waals surface area contributed by atoms with E-state index in [9.17, 15) is 9.59 Å². The zero-order valence-electron chi connectivity index (χ0n) is 14.4. The lowest BCUT2D eigenvalue weighted by molar-refractivity contribution is -0.119. The molecule has 0 bridgehead atoms. The SMILES string of the molecule is Cc1cc(C)cc(Nc2nccc(C(=O)N3CCN(C=O)CC3)n2)c1. The summed E-state index contributed by atoms with van der Waals surface area (Å²) in [6, 6.07) is 7.71. The van der Waals surface area contributed by atoms with Crippen LogP contribution in [0.3, 0.4) is 0 Å². The molecule has 130 valence electrons. The number of hydrogen-bond donors (Lipinski definition) is 1. The minimum atomic E-state index is -0.142. The highest BCUT2D eigenvalue weighted by molar-refractivity contribution is 5.92. The second-order valence-electron chi connectivity index (χ2n) is 6.20. The van der Waals surface area contributed by atoms with Crippen LogP contribution in [0.1, 0.15) is 21.6 Å². The first-order chi connectivity index (χ1) is 12.0. The van der Waals surface area contributed by atoms with Crippen LogP contribution in [-0.2, 0) is 4.79 Å². The number of rotatable bonds is 4. The van der Waals surface area contributed by atoms with Crippen LogP contribution in [0.25, 0.3) is 0 Å².